The van der Waals surface area contributed by atoms with Gasteiger partial charge in [-0.05, 0) is 28.1 Å². The van der Waals surface area contributed by atoms with Crippen LogP contribution in [-0.2, 0) is 9.84 Å². The lowest BCUT2D eigenvalue weighted by atomic mass is 10.3. The molecule has 78 valence electrons. The van der Waals surface area contributed by atoms with E-state index in [4.69, 9.17) is 0 Å². The molecule has 0 radical (unpaired) electrons. The van der Waals surface area contributed by atoms with Crippen molar-refractivity contribution in [3.63, 3.8) is 0 Å². The summed E-state index contributed by atoms with van der Waals surface area (Å²) in [6.45, 7) is 0. The largest absolute Gasteiger partial charge is 0.293 e. The Hall–Kier alpha value is -0.200. The first-order valence-electron chi connectivity index (χ1n) is 3.85. The third kappa shape index (κ3) is 3.89. The van der Waals surface area contributed by atoms with Crippen LogP contribution in [0.1, 0.15) is 16.1 Å². The van der Waals surface area contributed by atoms with Gasteiger partial charge in [-0.1, -0.05) is 0 Å². The molecule has 0 spiro atoms. The summed E-state index contributed by atoms with van der Waals surface area (Å²) >= 11 is 4.56. The number of ketones is 1. The molecule has 0 aliphatic carbocycles. The van der Waals surface area contributed by atoms with Crippen LogP contribution in [0.5, 0.6) is 0 Å². The molecule has 1 heterocycles. The van der Waals surface area contributed by atoms with E-state index in [0.717, 1.165) is 10.0 Å². The fourth-order valence-corrected chi connectivity index (χ4v) is 2.78. The molecule has 0 N–H and O–H groups in total. The number of rotatable bonds is 4. The minimum absolute atomic E-state index is 0.0613. The van der Waals surface area contributed by atoms with Crippen LogP contribution in [0.2, 0.25) is 0 Å². The van der Waals surface area contributed by atoms with Gasteiger partial charge in [-0.3, -0.25) is 4.79 Å². The molecule has 0 aliphatic rings. The summed E-state index contributed by atoms with van der Waals surface area (Å²) < 4.78 is 22.5. The molecule has 0 amide bonds. The molecule has 0 bridgehead atoms. The van der Waals surface area contributed by atoms with E-state index in [9.17, 15) is 13.2 Å². The molecule has 1 rings (SSSR count). The summed E-state index contributed by atoms with van der Waals surface area (Å²) in [6, 6.07) is 3.47. The Labute approximate surface area is 95.2 Å². The second kappa shape index (κ2) is 4.55. The SMILES string of the molecule is CS(=O)(=O)CCC(=O)c1ccc(Br)s1. The fraction of sp³-hybridized carbons (Fsp3) is 0.375. The monoisotopic (exact) mass is 296 g/mol. The first-order valence-corrected chi connectivity index (χ1v) is 7.52. The summed E-state index contributed by atoms with van der Waals surface area (Å²) in [6.07, 6.45) is 1.19. The van der Waals surface area contributed by atoms with Crippen LogP contribution in [0.15, 0.2) is 15.9 Å². The minimum atomic E-state index is -3.05. The highest BCUT2D eigenvalue weighted by molar-refractivity contribution is 9.11. The van der Waals surface area contributed by atoms with Gasteiger partial charge in [-0.2, -0.15) is 0 Å². The van der Waals surface area contributed by atoms with Crippen molar-refractivity contribution in [2.75, 3.05) is 12.0 Å². The molecular formula is C8H9BrO3S2. The average molecular weight is 297 g/mol. The van der Waals surface area contributed by atoms with Crippen molar-refractivity contribution in [1.82, 2.24) is 0 Å². The molecule has 0 saturated heterocycles. The Morgan fingerprint density at radius 1 is 1.50 bits per heavy atom. The molecule has 0 saturated carbocycles. The van der Waals surface area contributed by atoms with Gasteiger partial charge in [0, 0.05) is 12.7 Å². The van der Waals surface area contributed by atoms with Crippen molar-refractivity contribution in [3.8, 4) is 0 Å². The first-order chi connectivity index (χ1) is 6.38. The molecule has 0 aliphatic heterocycles. The van der Waals surface area contributed by atoms with Crippen molar-refractivity contribution >= 4 is 42.9 Å². The normalized spacial score (nSPS) is 11.6. The number of sulfone groups is 1. The van der Waals surface area contributed by atoms with Crippen molar-refractivity contribution in [1.29, 1.82) is 0 Å². The van der Waals surface area contributed by atoms with Crippen LogP contribution in [0.4, 0.5) is 0 Å². The second-order valence-electron chi connectivity index (χ2n) is 2.91. The van der Waals surface area contributed by atoms with Crippen LogP contribution in [0.25, 0.3) is 0 Å². The molecule has 1 aromatic heterocycles. The minimum Gasteiger partial charge on any atom is -0.293 e. The molecule has 1 aromatic rings. The number of hydrogen-bond acceptors (Lipinski definition) is 4. The van der Waals surface area contributed by atoms with E-state index < -0.39 is 9.84 Å². The summed E-state index contributed by atoms with van der Waals surface area (Å²) in [5, 5.41) is 0. The zero-order valence-corrected chi connectivity index (χ0v) is 10.7. The van der Waals surface area contributed by atoms with Gasteiger partial charge in [0.25, 0.3) is 0 Å². The molecule has 0 aromatic carbocycles. The topological polar surface area (TPSA) is 51.2 Å². The number of Topliss-reactive ketones (excluding diaryl/α,β-unsaturated/α-hetero) is 1. The van der Waals surface area contributed by atoms with Crippen molar-refractivity contribution in [2.45, 2.75) is 6.42 Å². The van der Waals surface area contributed by atoms with Gasteiger partial charge in [0.15, 0.2) is 5.78 Å². The number of halogens is 1. The lowest BCUT2D eigenvalue weighted by Crippen LogP contribution is -2.08. The highest BCUT2D eigenvalue weighted by Crippen LogP contribution is 2.23. The predicted molar refractivity (Wildman–Crippen MR) is 60.7 cm³/mol. The van der Waals surface area contributed by atoms with Crippen LogP contribution >= 0.6 is 27.3 Å². The van der Waals surface area contributed by atoms with Gasteiger partial charge in [-0.15, -0.1) is 11.3 Å². The number of thiophene rings is 1. The second-order valence-corrected chi connectivity index (χ2v) is 7.63. The third-order valence-electron chi connectivity index (χ3n) is 1.55. The summed E-state index contributed by atoms with van der Waals surface area (Å²) in [5.41, 5.74) is 0. The van der Waals surface area contributed by atoms with Crippen LogP contribution in [-0.4, -0.2) is 26.2 Å². The van der Waals surface area contributed by atoms with Gasteiger partial charge in [0.1, 0.15) is 9.84 Å². The quantitative estimate of drug-likeness (QED) is 0.800. The van der Waals surface area contributed by atoms with E-state index in [2.05, 4.69) is 15.9 Å². The standard InChI is InChI=1S/C8H9BrO3S2/c1-14(11,12)5-4-6(10)7-2-3-8(9)13-7/h2-3H,4-5H2,1H3. The maximum atomic E-state index is 11.4. The molecule has 0 atom stereocenters. The van der Waals surface area contributed by atoms with Crippen LogP contribution in [0.3, 0.4) is 0 Å². The van der Waals surface area contributed by atoms with E-state index in [1.807, 2.05) is 0 Å². The van der Waals surface area contributed by atoms with E-state index in [1.165, 1.54) is 11.3 Å². The zero-order chi connectivity index (χ0) is 10.8. The Kier molecular flexibility index (Phi) is 3.86. The van der Waals surface area contributed by atoms with Gasteiger partial charge in [-0.25, -0.2) is 8.42 Å². The van der Waals surface area contributed by atoms with Gasteiger partial charge in [0.2, 0.25) is 0 Å². The Bertz CT molecular complexity index is 433. The van der Waals surface area contributed by atoms with E-state index in [-0.39, 0.29) is 18.0 Å². The lowest BCUT2D eigenvalue weighted by molar-refractivity contribution is 0.0992. The Morgan fingerprint density at radius 3 is 2.57 bits per heavy atom. The lowest BCUT2D eigenvalue weighted by Gasteiger charge is -1.95. The van der Waals surface area contributed by atoms with Crippen LogP contribution in [0, 0.1) is 0 Å². The molecular weight excluding hydrogens is 288 g/mol. The number of carbonyl (C=O) groups is 1. The summed E-state index contributed by atoms with van der Waals surface area (Å²) in [5.74, 6) is -0.201. The molecule has 14 heavy (non-hydrogen) atoms. The van der Waals surface area contributed by atoms with E-state index in [1.54, 1.807) is 12.1 Å². The summed E-state index contributed by atoms with van der Waals surface area (Å²) in [7, 11) is -3.05. The maximum Gasteiger partial charge on any atom is 0.173 e. The molecule has 6 heteroatoms. The maximum absolute atomic E-state index is 11.4. The number of carbonyl (C=O) groups excluding carboxylic acids is 1. The van der Waals surface area contributed by atoms with Crippen molar-refractivity contribution < 1.29 is 13.2 Å². The summed E-state index contributed by atoms with van der Waals surface area (Å²) in [4.78, 5) is 12.0. The zero-order valence-electron chi connectivity index (χ0n) is 7.49. The van der Waals surface area contributed by atoms with Crippen molar-refractivity contribution in [2.24, 2.45) is 0 Å². The number of hydrogen-bond donors (Lipinski definition) is 0. The Morgan fingerprint density at radius 2 is 2.14 bits per heavy atom. The van der Waals surface area contributed by atoms with Crippen LogP contribution < -0.4 is 0 Å². The smallest absolute Gasteiger partial charge is 0.173 e. The van der Waals surface area contributed by atoms with Gasteiger partial charge in [0.05, 0.1) is 14.4 Å². The molecule has 0 unspecified atom stereocenters. The Balaban J connectivity index is 2.60. The highest BCUT2D eigenvalue weighted by Gasteiger charge is 2.11. The van der Waals surface area contributed by atoms with Gasteiger partial charge < -0.3 is 0 Å². The van der Waals surface area contributed by atoms with E-state index in [0.29, 0.717) is 4.88 Å². The van der Waals surface area contributed by atoms with Gasteiger partial charge >= 0.3 is 0 Å². The van der Waals surface area contributed by atoms with E-state index >= 15 is 0 Å². The van der Waals surface area contributed by atoms with Crippen molar-refractivity contribution in [3.05, 3.63) is 20.8 Å². The molecule has 3 nitrogen and oxygen atoms in total. The third-order valence-corrected chi connectivity index (χ3v) is 4.16. The first kappa shape index (κ1) is 11.9. The average Bonchev–Trinajstić information content (AvgIpc) is 2.46. The highest BCUT2D eigenvalue weighted by atomic mass is 79.9. The fourth-order valence-electron chi connectivity index (χ4n) is 0.865. The predicted octanol–water partition coefficient (Wildman–Crippen LogP) is 2.13. The molecule has 0 fully saturated rings.